The highest BCUT2D eigenvalue weighted by Gasteiger charge is 2.35. The van der Waals surface area contributed by atoms with Gasteiger partial charge in [0.25, 0.3) is 0 Å². The van der Waals surface area contributed by atoms with Crippen molar-refractivity contribution in [2.45, 2.75) is 32.7 Å². The maximum Gasteiger partial charge on any atom is 0.227 e. The Morgan fingerprint density at radius 2 is 2.39 bits per heavy atom. The van der Waals surface area contributed by atoms with Crippen LogP contribution in [-0.2, 0) is 4.79 Å². The summed E-state index contributed by atoms with van der Waals surface area (Å²) >= 11 is 0. The number of nitrogens with zero attached hydrogens (tertiary/aromatic N) is 1. The van der Waals surface area contributed by atoms with Crippen LogP contribution in [0.3, 0.4) is 0 Å². The highest BCUT2D eigenvalue weighted by atomic mass is 35.5. The first-order valence-electron chi connectivity index (χ1n) is 6.12. The third kappa shape index (κ3) is 3.23. The van der Waals surface area contributed by atoms with Crippen molar-refractivity contribution in [1.29, 1.82) is 0 Å². The van der Waals surface area contributed by atoms with E-state index in [2.05, 4.69) is 20.8 Å². The van der Waals surface area contributed by atoms with Crippen molar-refractivity contribution in [1.82, 2.24) is 20.8 Å². The average Bonchev–Trinajstić information content (AvgIpc) is 2.83. The minimum atomic E-state index is -0.282. The van der Waals surface area contributed by atoms with Crippen LogP contribution in [-0.4, -0.2) is 29.2 Å². The Labute approximate surface area is 114 Å². The molecule has 1 fully saturated rings. The molecule has 5 nitrogen and oxygen atoms in total. The minimum absolute atomic E-state index is 0. The van der Waals surface area contributed by atoms with Crippen LogP contribution in [0.15, 0.2) is 12.4 Å². The number of hydrogen-bond donors (Lipinski definition) is 3. The summed E-state index contributed by atoms with van der Waals surface area (Å²) in [4.78, 5) is 12.2. The van der Waals surface area contributed by atoms with Gasteiger partial charge in [-0.15, -0.1) is 12.4 Å². The summed E-state index contributed by atoms with van der Waals surface area (Å²) in [6, 6.07) is 0.00000142. The van der Waals surface area contributed by atoms with Crippen LogP contribution < -0.4 is 10.6 Å². The molecule has 0 spiro atoms. The predicted octanol–water partition coefficient (Wildman–Crippen LogP) is 1.40. The average molecular weight is 273 g/mol. The molecule has 0 aromatic carbocycles. The molecule has 1 aromatic heterocycles. The van der Waals surface area contributed by atoms with E-state index >= 15 is 0 Å². The second-order valence-corrected chi connectivity index (χ2v) is 5.07. The Morgan fingerprint density at radius 3 is 2.94 bits per heavy atom. The summed E-state index contributed by atoms with van der Waals surface area (Å²) in [6.07, 6.45) is 5.56. The Bertz CT molecular complexity index is 373. The monoisotopic (exact) mass is 272 g/mol. The zero-order valence-corrected chi connectivity index (χ0v) is 11.6. The fourth-order valence-corrected chi connectivity index (χ4v) is 2.20. The van der Waals surface area contributed by atoms with Crippen LogP contribution in [0.5, 0.6) is 0 Å². The summed E-state index contributed by atoms with van der Waals surface area (Å²) in [6.45, 7) is 5.77. The number of piperidine rings is 1. The lowest BCUT2D eigenvalue weighted by Gasteiger charge is -2.33. The van der Waals surface area contributed by atoms with Crippen molar-refractivity contribution in [2.24, 2.45) is 5.41 Å². The van der Waals surface area contributed by atoms with Crippen molar-refractivity contribution in [3.63, 3.8) is 0 Å². The molecular weight excluding hydrogens is 252 g/mol. The minimum Gasteiger partial charge on any atom is -0.349 e. The Kier molecular flexibility index (Phi) is 5.16. The Hall–Kier alpha value is -1.07. The first kappa shape index (κ1) is 15.0. The summed E-state index contributed by atoms with van der Waals surface area (Å²) in [7, 11) is 0. The molecule has 0 aliphatic carbocycles. The lowest BCUT2D eigenvalue weighted by molar-refractivity contribution is -0.131. The van der Waals surface area contributed by atoms with E-state index in [0.29, 0.717) is 0 Å². The van der Waals surface area contributed by atoms with Gasteiger partial charge >= 0.3 is 0 Å². The summed E-state index contributed by atoms with van der Waals surface area (Å²) in [5.74, 6) is 0.124. The Balaban J connectivity index is 0.00000162. The van der Waals surface area contributed by atoms with Crippen molar-refractivity contribution >= 4 is 18.3 Å². The number of carbonyl (C=O) groups excluding carboxylic acids is 1. The summed E-state index contributed by atoms with van der Waals surface area (Å²) in [5.41, 5.74) is 0.724. The number of halogens is 1. The molecule has 1 aromatic rings. The number of amides is 1. The van der Waals surface area contributed by atoms with Crippen LogP contribution in [0.2, 0.25) is 0 Å². The molecular formula is C12H21ClN4O. The normalized spacial score (nSPS) is 25.0. The van der Waals surface area contributed by atoms with Gasteiger partial charge in [0, 0.05) is 18.3 Å². The number of rotatable bonds is 3. The maximum atomic E-state index is 12.2. The topological polar surface area (TPSA) is 69.8 Å². The lowest BCUT2D eigenvalue weighted by Crippen LogP contribution is -2.49. The maximum absolute atomic E-state index is 12.2. The standard InChI is InChI=1S/C12H20N4O.ClH/c1-9(10-6-14-15-7-10)16-11(17)12(2)4-3-5-13-8-12;/h6-7,9,13H,3-5,8H2,1-2H3,(H,14,15)(H,16,17);1H. The molecule has 0 saturated carbocycles. The second-order valence-electron chi connectivity index (χ2n) is 5.07. The molecule has 2 unspecified atom stereocenters. The molecule has 3 N–H and O–H groups in total. The Morgan fingerprint density at radius 1 is 1.61 bits per heavy atom. The third-order valence-electron chi connectivity index (χ3n) is 3.51. The van der Waals surface area contributed by atoms with E-state index in [0.717, 1.165) is 31.5 Å². The number of H-pyrrole nitrogens is 1. The van der Waals surface area contributed by atoms with Gasteiger partial charge in [-0.3, -0.25) is 9.89 Å². The molecule has 18 heavy (non-hydrogen) atoms. The number of carbonyl (C=O) groups is 1. The SMILES string of the molecule is CC(NC(=O)C1(C)CCCNC1)c1cn[nH]c1.Cl. The van der Waals surface area contributed by atoms with Crippen LogP contribution in [0.4, 0.5) is 0 Å². The van der Waals surface area contributed by atoms with Crippen LogP contribution in [0.1, 0.15) is 38.3 Å². The van der Waals surface area contributed by atoms with Crippen molar-refractivity contribution in [2.75, 3.05) is 13.1 Å². The van der Waals surface area contributed by atoms with Crippen LogP contribution in [0, 0.1) is 5.41 Å². The van der Waals surface area contributed by atoms with Gasteiger partial charge in [-0.25, -0.2) is 0 Å². The van der Waals surface area contributed by atoms with Gasteiger partial charge in [-0.05, 0) is 33.2 Å². The van der Waals surface area contributed by atoms with E-state index in [9.17, 15) is 4.79 Å². The van der Waals surface area contributed by atoms with Gasteiger partial charge < -0.3 is 10.6 Å². The highest BCUT2D eigenvalue weighted by Crippen LogP contribution is 2.26. The molecule has 2 atom stereocenters. The number of aromatic nitrogens is 2. The van der Waals surface area contributed by atoms with Crippen molar-refractivity contribution in [3.05, 3.63) is 18.0 Å². The molecule has 1 aliphatic heterocycles. The van der Waals surface area contributed by atoms with E-state index in [1.807, 2.05) is 20.0 Å². The third-order valence-corrected chi connectivity index (χ3v) is 3.51. The molecule has 102 valence electrons. The van der Waals surface area contributed by atoms with Crippen molar-refractivity contribution in [3.8, 4) is 0 Å². The molecule has 1 saturated heterocycles. The van der Waals surface area contributed by atoms with E-state index in [1.54, 1.807) is 6.20 Å². The van der Waals surface area contributed by atoms with E-state index in [-0.39, 0.29) is 29.8 Å². The van der Waals surface area contributed by atoms with Gasteiger partial charge in [0.2, 0.25) is 5.91 Å². The number of aromatic amines is 1. The molecule has 1 amide bonds. The fourth-order valence-electron chi connectivity index (χ4n) is 2.20. The predicted molar refractivity (Wildman–Crippen MR) is 72.6 cm³/mol. The quantitative estimate of drug-likeness (QED) is 0.779. The first-order chi connectivity index (χ1) is 8.12. The zero-order valence-electron chi connectivity index (χ0n) is 10.8. The van der Waals surface area contributed by atoms with Crippen LogP contribution in [0.25, 0.3) is 0 Å². The summed E-state index contributed by atoms with van der Waals surface area (Å²) in [5, 5.41) is 13.0. The molecule has 2 rings (SSSR count). The van der Waals surface area contributed by atoms with Gasteiger partial charge in [-0.1, -0.05) is 0 Å². The number of nitrogens with one attached hydrogen (secondary N) is 3. The molecule has 6 heteroatoms. The highest BCUT2D eigenvalue weighted by molar-refractivity contribution is 5.85. The fraction of sp³-hybridized carbons (Fsp3) is 0.667. The van der Waals surface area contributed by atoms with Gasteiger partial charge in [-0.2, -0.15) is 5.10 Å². The molecule has 1 aliphatic rings. The van der Waals surface area contributed by atoms with E-state index in [4.69, 9.17) is 0 Å². The van der Waals surface area contributed by atoms with Gasteiger partial charge in [0.05, 0.1) is 17.7 Å². The number of hydrogen-bond acceptors (Lipinski definition) is 3. The van der Waals surface area contributed by atoms with E-state index in [1.165, 1.54) is 0 Å². The largest absolute Gasteiger partial charge is 0.349 e. The molecule has 0 bridgehead atoms. The summed E-state index contributed by atoms with van der Waals surface area (Å²) < 4.78 is 0. The molecule has 0 radical (unpaired) electrons. The smallest absolute Gasteiger partial charge is 0.227 e. The first-order valence-corrected chi connectivity index (χ1v) is 6.12. The second kappa shape index (κ2) is 6.20. The molecule has 2 heterocycles. The van der Waals surface area contributed by atoms with E-state index < -0.39 is 0 Å². The van der Waals surface area contributed by atoms with Crippen LogP contribution >= 0.6 is 12.4 Å². The lowest BCUT2D eigenvalue weighted by atomic mass is 9.81. The van der Waals surface area contributed by atoms with Gasteiger partial charge in [0.1, 0.15) is 0 Å². The van der Waals surface area contributed by atoms with Gasteiger partial charge in [0.15, 0.2) is 0 Å². The zero-order chi connectivity index (χ0) is 12.3. The van der Waals surface area contributed by atoms with Crippen molar-refractivity contribution < 1.29 is 4.79 Å².